The molecular weight excluding hydrogens is 473 g/mol. The molecule has 1 fully saturated rings. The van der Waals surface area contributed by atoms with Gasteiger partial charge in [-0.2, -0.15) is 9.37 Å². The molecule has 1 aliphatic rings. The monoisotopic (exact) mass is 499 g/mol. The van der Waals surface area contributed by atoms with E-state index in [0.29, 0.717) is 48.8 Å². The number of hydrogen-bond donors (Lipinski definition) is 2. The zero-order valence-electron chi connectivity index (χ0n) is 19.6. The van der Waals surface area contributed by atoms with Crippen molar-refractivity contribution < 1.29 is 17.5 Å². The van der Waals surface area contributed by atoms with Crippen molar-refractivity contribution in [2.24, 2.45) is 0 Å². The number of anilines is 1. The van der Waals surface area contributed by atoms with Gasteiger partial charge in [0.2, 0.25) is 15.9 Å². The number of aryl methyl sites for hydroxylation is 1. The van der Waals surface area contributed by atoms with Crippen molar-refractivity contribution in [2.75, 3.05) is 24.7 Å². The minimum Gasteiger partial charge on any atom is -0.474 e. The summed E-state index contributed by atoms with van der Waals surface area (Å²) in [4.78, 5) is 19.4. The number of aromatic amines is 1. The molecule has 1 aromatic carbocycles. The van der Waals surface area contributed by atoms with E-state index in [1.807, 2.05) is 38.1 Å². The van der Waals surface area contributed by atoms with E-state index in [-0.39, 0.29) is 12.1 Å². The molecule has 3 aromatic heterocycles. The van der Waals surface area contributed by atoms with Crippen LogP contribution in [0.25, 0.3) is 21.9 Å². The molecule has 1 saturated heterocycles. The van der Waals surface area contributed by atoms with E-state index in [4.69, 9.17) is 9.72 Å². The summed E-state index contributed by atoms with van der Waals surface area (Å²) in [6, 6.07) is 7.68. The maximum atomic E-state index is 13.6. The number of benzene rings is 1. The number of H-pyrrole nitrogens is 1. The number of hydrogen-bond acceptors (Lipinski definition) is 8. The number of piperidine rings is 1. The lowest BCUT2D eigenvalue weighted by Crippen LogP contribution is -2.41. The Labute approximate surface area is 202 Å². The molecule has 4 aromatic rings. The number of sulfonamides is 1. The zero-order valence-corrected chi connectivity index (χ0v) is 20.4. The van der Waals surface area contributed by atoms with Crippen LogP contribution in [0.5, 0.6) is 5.88 Å². The first-order valence-corrected chi connectivity index (χ1v) is 13.2. The van der Waals surface area contributed by atoms with Crippen molar-refractivity contribution in [1.29, 1.82) is 0 Å². The van der Waals surface area contributed by atoms with Gasteiger partial charge >= 0.3 is 0 Å². The number of nitrogens with zero attached hydrogens (tertiary/aromatic N) is 5. The van der Waals surface area contributed by atoms with Gasteiger partial charge in [0.15, 0.2) is 17.0 Å². The highest BCUT2D eigenvalue weighted by Gasteiger charge is 2.27. The third-order valence-corrected chi connectivity index (χ3v) is 7.56. The Morgan fingerprint density at radius 3 is 2.74 bits per heavy atom. The fourth-order valence-corrected chi connectivity index (χ4v) is 5.27. The summed E-state index contributed by atoms with van der Waals surface area (Å²) < 4.78 is 45.2. The number of rotatable bonds is 6. The Hall–Kier alpha value is -3.38. The molecule has 184 valence electrons. The Morgan fingerprint density at radius 1 is 1.23 bits per heavy atom. The van der Waals surface area contributed by atoms with E-state index >= 15 is 0 Å². The first-order valence-electron chi connectivity index (χ1n) is 11.3. The van der Waals surface area contributed by atoms with E-state index in [1.165, 1.54) is 16.9 Å². The first kappa shape index (κ1) is 23.4. The number of imidazole rings is 1. The molecule has 0 radical (unpaired) electrons. The largest absolute Gasteiger partial charge is 0.474 e. The number of halogens is 1. The summed E-state index contributed by atoms with van der Waals surface area (Å²) in [5.41, 5.74) is 2.37. The lowest BCUT2D eigenvalue weighted by molar-refractivity contribution is 0.131. The molecule has 12 heteroatoms. The number of pyridine rings is 1. The SMILES string of the molecule is Cc1cccc2cc([C@H](C)Nc3ncnc4[nH]c(F)nc34)nc(OC3CCN(S(C)(=O)=O)CC3)c12. The van der Waals surface area contributed by atoms with E-state index in [2.05, 4.69) is 25.3 Å². The maximum Gasteiger partial charge on any atom is 0.288 e. The van der Waals surface area contributed by atoms with Crippen molar-refractivity contribution in [2.45, 2.75) is 38.8 Å². The van der Waals surface area contributed by atoms with Crippen LogP contribution in [0, 0.1) is 13.0 Å². The molecule has 10 nitrogen and oxygen atoms in total. The van der Waals surface area contributed by atoms with Gasteiger partial charge < -0.3 is 10.1 Å². The summed E-state index contributed by atoms with van der Waals surface area (Å²) in [6.45, 7) is 4.77. The van der Waals surface area contributed by atoms with Crippen LogP contribution in [0.15, 0.2) is 30.6 Å². The van der Waals surface area contributed by atoms with Crippen LogP contribution in [0.4, 0.5) is 10.2 Å². The minimum atomic E-state index is -3.21. The molecule has 5 rings (SSSR count). The van der Waals surface area contributed by atoms with Gasteiger partial charge in [-0.05, 0) is 43.7 Å². The molecule has 0 bridgehead atoms. The molecule has 35 heavy (non-hydrogen) atoms. The van der Waals surface area contributed by atoms with Crippen molar-refractivity contribution in [3.8, 4) is 5.88 Å². The number of nitrogens with one attached hydrogen (secondary N) is 2. The zero-order chi connectivity index (χ0) is 24.7. The fourth-order valence-electron chi connectivity index (χ4n) is 4.40. The van der Waals surface area contributed by atoms with Crippen LogP contribution in [-0.4, -0.2) is 63.1 Å². The average Bonchev–Trinajstić information content (AvgIpc) is 3.20. The second kappa shape index (κ2) is 9.00. The van der Waals surface area contributed by atoms with Crippen molar-refractivity contribution in [3.63, 3.8) is 0 Å². The Bertz CT molecular complexity index is 1500. The van der Waals surface area contributed by atoms with Crippen LogP contribution in [0.3, 0.4) is 0 Å². The third-order valence-electron chi connectivity index (χ3n) is 6.25. The molecule has 0 saturated carbocycles. The Kier molecular flexibility index (Phi) is 6.01. The van der Waals surface area contributed by atoms with E-state index < -0.39 is 16.1 Å². The van der Waals surface area contributed by atoms with Crippen LogP contribution in [-0.2, 0) is 10.0 Å². The molecule has 0 unspecified atom stereocenters. The van der Waals surface area contributed by atoms with Gasteiger partial charge in [0.25, 0.3) is 6.08 Å². The summed E-state index contributed by atoms with van der Waals surface area (Å²) in [5.74, 6) is 0.908. The van der Waals surface area contributed by atoms with E-state index in [0.717, 1.165) is 22.0 Å². The second-order valence-electron chi connectivity index (χ2n) is 8.82. The van der Waals surface area contributed by atoms with Crippen molar-refractivity contribution in [3.05, 3.63) is 47.9 Å². The van der Waals surface area contributed by atoms with Gasteiger partial charge in [0, 0.05) is 18.5 Å². The van der Waals surface area contributed by atoms with Crippen molar-refractivity contribution >= 4 is 37.8 Å². The van der Waals surface area contributed by atoms with Gasteiger partial charge in [0.1, 0.15) is 12.4 Å². The highest BCUT2D eigenvalue weighted by Crippen LogP contribution is 2.33. The topological polar surface area (TPSA) is 126 Å². The van der Waals surface area contributed by atoms with E-state index in [9.17, 15) is 12.8 Å². The van der Waals surface area contributed by atoms with Gasteiger partial charge in [-0.1, -0.05) is 18.2 Å². The van der Waals surface area contributed by atoms with Crippen molar-refractivity contribution in [1.82, 2.24) is 29.2 Å². The first-order chi connectivity index (χ1) is 16.7. The van der Waals surface area contributed by atoms with Crippen LogP contribution < -0.4 is 10.1 Å². The molecule has 0 aliphatic carbocycles. The summed E-state index contributed by atoms with van der Waals surface area (Å²) in [7, 11) is -3.21. The minimum absolute atomic E-state index is 0.143. The van der Waals surface area contributed by atoms with E-state index in [1.54, 1.807) is 0 Å². The summed E-state index contributed by atoms with van der Waals surface area (Å²) in [6.07, 6.45) is 2.87. The Balaban J connectivity index is 1.44. The summed E-state index contributed by atoms with van der Waals surface area (Å²) in [5, 5.41) is 5.16. The molecule has 4 heterocycles. The lowest BCUT2D eigenvalue weighted by atomic mass is 10.0. The lowest BCUT2D eigenvalue weighted by Gasteiger charge is -2.30. The predicted molar refractivity (Wildman–Crippen MR) is 130 cm³/mol. The molecule has 0 spiro atoms. The van der Waals surface area contributed by atoms with Crippen LogP contribution in [0.2, 0.25) is 0 Å². The smallest absolute Gasteiger partial charge is 0.288 e. The molecule has 0 amide bonds. The molecular formula is C23H26FN7O3S. The van der Waals surface area contributed by atoms with Crippen LogP contribution >= 0.6 is 0 Å². The quantitative estimate of drug-likeness (QED) is 0.387. The van der Waals surface area contributed by atoms with Gasteiger partial charge in [0.05, 0.1) is 18.0 Å². The normalized spacial score (nSPS) is 16.6. The van der Waals surface area contributed by atoms with Gasteiger partial charge in [-0.3, -0.25) is 4.98 Å². The highest BCUT2D eigenvalue weighted by atomic mass is 32.2. The van der Waals surface area contributed by atoms with Crippen LogP contribution in [0.1, 0.15) is 37.1 Å². The molecule has 2 N–H and O–H groups in total. The standard InChI is InChI=1S/C23H26FN7O3S/c1-13-5-4-6-15-11-17(14(2)27-20-19-21(26-12-25-20)30-23(24)29-19)28-22(18(13)15)34-16-7-9-31(10-8-16)35(3,32)33/h4-6,11-12,14,16H,7-10H2,1-3H3,(H2,25,26,27,29,30)/t14-/m0/s1. The summed E-state index contributed by atoms with van der Waals surface area (Å²) >= 11 is 0. The number of aromatic nitrogens is 5. The fraction of sp³-hybridized carbons (Fsp3) is 0.391. The van der Waals surface area contributed by atoms with Gasteiger partial charge in [-0.15, -0.1) is 0 Å². The number of fused-ring (bicyclic) bond motifs is 2. The maximum absolute atomic E-state index is 13.6. The highest BCUT2D eigenvalue weighted by molar-refractivity contribution is 7.88. The molecule has 1 aliphatic heterocycles. The second-order valence-corrected chi connectivity index (χ2v) is 10.8. The third kappa shape index (κ3) is 4.76. The molecule has 1 atom stereocenters. The van der Waals surface area contributed by atoms with Gasteiger partial charge in [-0.25, -0.2) is 27.7 Å². The predicted octanol–water partition coefficient (Wildman–Crippen LogP) is 3.32. The number of ether oxygens (including phenoxy) is 1. The Morgan fingerprint density at radius 2 is 2.00 bits per heavy atom. The average molecular weight is 500 g/mol.